The number of anilines is 1. The van der Waals surface area contributed by atoms with E-state index in [0.717, 1.165) is 37.0 Å². The van der Waals surface area contributed by atoms with Gasteiger partial charge in [0.15, 0.2) is 0 Å². The Kier molecular flexibility index (Phi) is 13.6. The number of aryl methyl sites for hydroxylation is 2. The second kappa shape index (κ2) is 16.4. The monoisotopic (exact) mass is 515 g/mol. The highest BCUT2D eigenvalue weighted by molar-refractivity contribution is 7.16. The van der Waals surface area contributed by atoms with Crippen molar-refractivity contribution in [1.29, 1.82) is 0 Å². The molecule has 2 rings (SSSR count). The van der Waals surface area contributed by atoms with Gasteiger partial charge in [-0.25, -0.2) is 9.59 Å². The highest BCUT2D eigenvalue weighted by atomic mass is 32.1. The van der Waals surface area contributed by atoms with E-state index in [2.05, 4.69) is 24.4 Å². The number of benzene rings is 1. The first kappa shape index (κ1) is 29.9. The number of rotatable bonds is 16. The van der Waals surface area contributed by atoms with Gasteiger partial charge < -0.3 is 9.47 Å². The summed E-state index contributed by atoms with van der Waals surface area (Å²) >= 11 is 1.45. The molecule has 1 amide bonds. The van der Waals surface area contributed by atoms with Crippen molar-refractivity contribution < 1.29 is 19.1 Å². The van der Waals surface area contributed by atoms with Crippen LogP contribution < -0.4 is 5.32 Å². The highest BCUT2D eigenvalue weighted by Crippen LogP contribution is 2.31. The molecular formula is C30H45NO4S. The van der Waals surface area contributed by atoms with Gasteiger partial charge in [-0.15, -0.1) is 11.3 Å². The van der Waals surface area contributed by atoms with Crippen molar-refractivity contribution in [3.8, 4) is 0 Å². The highest BCUT2D eigenvalue weighted by Gasteiger charge is 2.24. The fourth-order valence-electron chi connectivity index (χ4n) is 3.95. The largest absolute Gasteiger partial charge is 0.456 e. The fraction of sp³-hybridized carbons (Fsp3) is 0.600. The van der Waals surface area contributed by atoms with E-state index in [-0.39, 0.29) is 0 Å². The summed E-state index contributed by atoms with van der Waals surface area (Å²) in [7, 11) is 0. The lowest BCUT2D eigenvalue weighted by molar-refractivity contribution is 0.00712. The Bertz CT molecular complexity index is 901. The Balaban J connectivity index is 1.83. The molecule has 0 unspecified atom stereocenters. The van der Waals surface area contributed by atoms with Gasteiger partial charge in [0, 0.05) is 4.88 Å². The number of thiophene rings is 1. The predicted molar refractivity (Wildman–Crippen MR) is 150 cm³/mol. The molecule has 0 saturated carbocycles. The van der Waals surface area contributed by atoms with E-state index in [4.69, 9.17) is 9.47 Å². The van der Waals surface area contributed by atoms with Crippen LogP contribution in [0.5, 0.6) is 0 Å². The topological polar surface area (TPSA) is 64.6 Å². The molecule has 0 spiro atoms. The second-order valence-corrected chi connectivity index (χ2v) is 11.5. The third-order valence-corrected chi connectivity index (χ3v) is 6.94. The molecule has 0 atom stereocenters. The molecular weight excluding hydrogens is 470 g/mol. The molecule has 0 saturated heterocycles. The summed E-state index contributed by atoms with van der Waals surface area (Å²) in [6.07, 6.45) is 13.1. The zero-order valence-electron chi connectivity index (χ0n) is 22.7. The minimum absolute atomic E-state index is 0.344. The molecule has 5 nitrogen and oxygen atoms in total. The number of unbranched alkanes of at least 4 members (excludes halogenated alkanes) is 8. The average Bonchev–Trinajstić information content (AvgIpc) is 3.22. The van der Waals surface area contributed by atoms with Gasteiger partial charge >= 0.3 is 12.1 Å². The molecule has 1 N–H and O–H groups in total. The van der Waals surface area contributed by atoms with E-state index in [0.29, 0.717) is 17.2 Å². The number of ether oxygens (including phenoxy) is 2. The van der Waals surface area contributed by atoms with E-state index in [1.807, 2.05) is 45.0 Å². The minimum atomic E-state index is -0.604. The minimum Gasteiger partial charge on any atom is -0.456 e. The molecule has 6 heteroatoms. The zero-order valence-corrected chi connectivity index (χ0v) is 23.5. The number of hydrogen-bond acceptors (Lipinski definition) is 5. The quantitative estimate of drug-likeness (QED) is 0.179. The van der Waals surface area contributed by atoms with Crippen LogP contribution in [-0.2, 0) is 22.3 Å². The van der Waals surface area contributed by atoms with Crippen molar-refractivity contribution in [3.05, 3.63) is 52.4 Å². The summed E-state index contributed by atoms with van der Waals surface area (Å²) < 4.78 is 11.0. The standard InChI is InChI=1S/C30H45NO4S/c1-5-6-7-8-9-10-11-15-21-25-23-26(28(32)35-30(2,3)4)27(36-25)31-29(33)34-22-17-16-20-24-18-13-12-14-19-24/h12-14,18-19,23H,5-11,15-17,20-22H2,1-4H3,(H,31,33). The van der Waals surface area contributed by atoms with Crippen molar-refractivity contribution in [2.45, 2.75) is 110 Å². The maximum atomic E-state index is 12.8. The van der Waals surface area contributed by atoms with E-state index >= 15 is 0 Å². The summed E-state index contributed by atoms with van der Waals surface area (Å²) in [5.74, 6) is -0.418. The maximum absolute atomic E-state index is 12.8. The molecule has 0 aliphatic heterocycles. The third kappa shape index (κ3) is 12.6. The van der Waals surface area contributed by atoms with Crippen LogP contribution >= 0.6 is 11.3 Å². The maximum Gasteiger partial charge on any atom is 0.412 e. The molecule has 200 valence electrons. The van der Waals surface area contributed by atoms with Crippen molar-refractivity contribution >= 4 is 28.4 Å². The number of nitrogens with one attached hydrogen (secondary N) is 1. The number of carbonyl (C=O) groups excluding carboxylic acids is 2. The second-order valence-electron chi connectivity index (χ2n) is 10.4. The van der Waals surface area contributed by atoms with Gasteiger partial charge in [0.1, 0.15) is 10.6 Å². The number of carbonyl (C=O) groups is 2. The van der Waals surface area contributed by atoms with Crippen LogP contribution in [0.15, 0.2) is 36.4 Å². The summed E-state index contributed by atoms with van der Waals surface area (Å²) in [6, 6.07) is 12.2. The van der Waals surface area contributed by atoms with Crippen LogP contribution in [0, 0.1) is 0 Å². The molecule has 2 aromatic rings. The summed E-state index contributed by atoms with van der Waals surface area (Å²) in [6.45, 7) is 8.11. The molecule has 0 radical (unpaired) electrons. The Morgan fingerprint density at radius 1 is 0.861 bits per heavy atom. The van der Waals surface area contributed by atoms with Crippen LogP contribution in [0.25, 0.3) is 0 Å². The summed E-state index contributed by atoms with van der Waals surface area (Å²) in [5, 5.41) is 3.30. The normalized spacial score (nSPS) is 11.3. The first-order valence-corrected chi connectivity index (χ1v) is 14.4. The average molecular weight is 516 g/mol. The Labute approximate surface area is 222 Å². The van der Waals surface area contributed by atoms with Crippen LogP contribution in [0.4, 0.5) is 9.80 Å². The molecule has 36 heavy (non-hydrogen) atoms. The van der Waals surface area contributed by atoms with Crippen molar-refractivity contribution in [1.82, 2.24) is 0 Å². The van der Waals surface area contributed by atoms with Gasteiger partial charge in [-0.1, -0.05) is 82.2 Å². The van der Waals surface area contributed by atoms with Gasteiger partial charge in [0.2, 0.25) is 0 Å². The van der Waals surface area contributed by atoms with Crippen molar-refractivity contribution in [2.24, 2.45) is 0 Å². The van der Waals surface area contributed by atoms with E-state index < -0.39 is 17.7 Å². The first-order chi connectivity index (χ1) is 17.3. The van der Waals surface area contributed by atoms with Crippen LogP contribution in [0.2, 0.25) is 0 Å². The van der Waals surface area contributed by atoms with Gasteiger partial charge in [0.25, 0.3) is 0 Å². The number of esters is 1. The van der Waals surface area contributed by atoms with Gasteiger partial charge in [0.05, 0.1) is 12.2 Å². The summed E-state index contributed by atoms with van der Waals surface area (Å²) in [4.78, 5) is 26.3. The lowest BCUT2D eigenvalue weighted by Crippen LogP contribution is -2.24. The van der Waals surface area contributed by atoms with E-state index in [9.17, 15) is 9.59 Å². The van der Waals surface area contributed by atoms with Gasteiger partial charge in [-0.2, -0.15) is 0 Å². The SMILES string of the molecule is CCCCCCCCCCc1cc(C(=O)OC(C)(C)C)c(NC(=O)OCCCCc2ccccc2)s1. The molecule has 0 fully saturated rings. The molecule has 1 aromatic carbocycles. The Hall–Kier alpha value is -2.34. The van der Waals surface area contributed by atoms with Crippen molar-refractivity contribution in [2.75, 3.05) is 11.9 Å². The third-order valence-electron chi connectivity index (χ3n) is 5.83. The van der Waals surface area contributed by atoms with E-state index in [1.54, 1.807) is 0 Å². The molecule has 0 bridgehead atoms. The smallest absolute Gasteiger partial charge is 0.412 e. The molecule has 1 heterocycles. The summed E-state index contributed by atoms with van der Waals surface area (Å²) in [5.41, 5.74) is 1.09. The Morgan fingerprint density at radius 2 is 1.50 bits per heavy atom. The Morgan fingerprint density at radius 3 is 2.17 bits per heavy atom. The molecule has 1 aromatic heterocycles. The lowest BCUT2D eigenvalue weighted by atomic mass is 10.1. The van der Waals surface area contributed by atoms with Crippen molar-refractivity contribution in [3.63, 3.8) is 0 Å². The first-order valence-electron chi connectivity index (χ1n) is 13.6. The van der Waals surface area contributed by atoms with Crippen LogP contribution in [-0.4, -0.2) is 24.3 Å². The van der Waals surface area contributed by atoms with Gasteiger partial charge in [-0.3, -0.25) is 5.32 Å². The number of hydrogen-bond donors (Lipinski definition) is 1. The van der Waals surface area contributed by atoms with Crippen LogP contribution in [0.3, 0.4) is 0 Å². The molecule has 0 aliphatic rings. The number of amides is 1. The lowest BCUT2D eigenvalue weighted by Gasteiger charge is -2.19. The van der Waals surface area contributed by atoms with E-state index in [1.165, 1.54) is 61.8 Å². The predicted octanol–water partition coefficient (Wildman–Crippen LogP) is 8.96. The molecule has 0 aliphatic carbocycles. The van der Waals surface area contributed by atoms with Gasteiger partial charge in [-0.05, 0) is 64.5 Å². The fourth-order valence-corrected chi connectivity index (χ4v) is 5.02. The zero-order chi connectivity index (χ0) is 26.2. The van der Waals surface area contributed by atoms with Crippen LogP contribution in [0.1, 0.15) is 113 Å².